The average Bonchev–Trinajstić information content (AvgIpc) is 2.68. The Kier molecular flexibility index (Phi) is 7.49. The Hall–Kier alpha value is -3.22. The fourth-order valence-corrected chi connectivity index (χ4v) is 2.57. The molecule has 0 bridgehead atoms. The van der Waals surface area contributed by atoms with E-state index in [2.05, 4.69) is 10.6 Å². The predicted octanol–water partition coefficient (Wildman–Crippen LogP) is 1.96. The smallest absolute Gasteiger partial charge is 0.248 e. The van der Waals surface area contributed by atoms with Crippen molar-refractivity contribution in [2.24, 2.45) is 5.73 Å². The first-order valence-electron chi connectivity index (χ1n) is 8.65. The molecule has 144 valence electrons. The highest BCUT2D eigenvalue weighted by molar-refractivity contribution is 5.93. The molecule has 2 amide bonds. The molecule has 0 radical (unpaired) electrons. The Bertz CT molecular complexity index is 793. The zero-order valence-corrected chi connectivity index (χ0v) is 15.6. The van der Waals surface area contributed by atoms with E-state index in [1.165, 1.54) is 0 Å². The minimum atomic E-state index is -0.480. The van der Waals surface area contributed by atoms with Crippen molar-refractivity contribution in [2.75, 3.05) is 32.6 Å². The molecule has 0 aliphatic rings. The molecule has 2 aromatic carbocycles. The molecule has 2 aromatic rings. The molecule has 0 spiro atoms. The molecule has 7 heteroatoms. The number of nitrogens with two attached hydrogens (primary N) is 1. The molecule has 0 saturated heterocycles. The summed E-state index contributed by atoms with van der Waals surface area (Å²) in [5, 5.41) is 6.00. The number of carbonyl (C=O) groups is 2. The molecule has 0 saturated carbocycles. The predicted molar refractivity (Wildman–Crippen MR) is 104 cm³/mol. The fraction of sp³-hybridized carbons (Fsp3) is 0.300. The molecule has 0 fully saturated rings. The van der Waals surface area contributed by atoms with E-state index < -0.39 is 5.91 Å². The minimum Gasteiger partial charge on any atom is -0.493 e. The Balaban J connectivity index is 1.72. The van der Waals surface area contributed by atoms with Crippen molar-refractivity contribution < 1.29 is 19.1 Å². The second-order valence-electron chi connectivity index (χ2n) is 5.91. The summed E-state index contributed by atoms with van der Waals surface area (Å²) in [6.07, 6.45) is 1.02. The SMILES string of the molecule is COc1ccc(CCNC(=O)CCNc2cccc(C(N)=O)c2)cc1OC. The van der Waals surface area contributed by atoms with E-state index >= 15 is 0 Å². The van der Waals surface area contributed by atoms with Gasteiger partial charge >= 0.3 is 0 Å². The van der Waals surface area contributed by atoms with Crippen LogP contribution in [0.5, 0.6) is 11.5 Å². The molecular weight excluding hydrogens is 346 g/mol. The van der Waals surface area contributed by atoms with Crippen LogP contribution in [0.1, 0.15) is 22.3 Å². The monoisotopic (exact) mass is 371 g/mol. The van der Waals surface area contributed by atoms with Gasteiger partial charge in [0, 0.05) is 30.8 Å². The lowest BCUT2D eigenvalue weighted by molar-refractivity contribution is -0.120. The number of primary amides is 1. The molecule has 4 N–H and O–H groups in total. The van der Waals surface area contributed by atoms with E-state index in [1.807, 2.05) is 24.3 Å². The van der Waals surface area contributed by atoms with Crippen LogP contribution < -0.4 is 25.8 Å². The van der Waals surface area contributed by atoms with Gasteiger partial charge in [0.1, 0.15) is 0 Å². The molecule has 0 heterocycles. The molecule has 0 unspecified atom stereocenters. The Morgan fingerprint density at radius 1 is 1.00 bits per heavy atom. The average molecular weight is 371 g/mol. The molecule has 0 aromatic heterocycles. The molecule has 27 heavy (non-hydrogen) atoms. The van der Waals surface area contributed by atoms with Crippen LogP contribution in [0.15, 0.2) is 42.5 Å². The van der Waals surface area contributed by atoms with Gasteiger partial charge in [0.15, 0.2) is 11.5 Å². The number of anilines is 1. The number of methoxy groups -OCH3 is 2. The zero-order chi connectivity index (χ0) is 19.6. The number of benzene rings is 2. The lowest BCUT2D eigenvalue weighted by Gasteiger charge is -2.10. The van der Waals surface area contributed by atoms with Gasteiger partial charge in [0.25, 0.3) is 0 Å². The fourth-order valence-electron chi connectivity index (χ4n) is 2.57. The highest BCUT2D eigenvalue weighted by Crippen LogP contribution is 2.27. The van der Waals surface area contributed by atoms with Gasteiger partial charge in [0.05, 0.1) is 14.2 Å². The number of hydrogen-bond acceptors (Lipinski definition) is 5. The lowest BCUT2D eigenvalue weighted by atomic mass is 10.1. The third-order valence-electron chi connectivity index (χ3n) is 4.01. The van der Waals surface area contributed by atoms with Crippen molar-refractivity contribution in [3.63, 3.8) is 0 Å². The van der Waals surface area contributed by atoms with Gasteiger partial charge in [0.2, 0.25) is 11.8 Å². The minimum absolute atomic E-state index is 0.0472. The van der Waals surface area contributed by atoms with Crippen LogP contribution in [-0.4, -0.2) is 39.1 Å². The highest BCUT2D eigenvalue weighted by atomic mass is 16.5. The van der Waals surface area contributed by atoms with Crippen LogP contribution >= 0.6 is 0 Å². The van der Waals surface area contributed by atoms with Crippen LogP contribution in [0.25, 0.3) is 0 Å². The maximum atomic E-state index is 12.0. The number of hydrogen-bond donors (Lipinski definition) is 3. The van der Waals surface area contributed by atoms with Crippen molar-refractivity contribution in [2.45, 2.75) is 12.8 Å². The molecular formula is C20H25N3O4. The summed E-state index contributed by atoms with van der Waals surface area (Å²) >= 11 is 0. The van der Waals surface area contributed by atoms with Gasteiger partial charge in [-0.2, -0.15) is 0 Å². The van der Waals surface area contributed by atoms with E-state index in [0.29, 0.717) is 43.0 Å². The number of rotatable bonds is 10. The van der Waals surface area contributed by atoms with Crippen molar-refractivity contribution >= 4 is 17.5 Å². The number of ether oxygens (including phenoxy) is 2. The highest BCUT2D eigenvalue weighted by Gasteiger charge is 2.06. The molecule has 0 aliphatic heterocycles. The second-order valence-corrected chi connectivity index (χ2v) is 5.91. The van der Waals surface area contributed by atoms with Crippen molar-refractivity contribution in [1.82, 2.24) is 5.32 Å². The molecule has 0 atom stereocenters. The largest absolute Gasteiger partial charge is 0.493 e. The summed E-state index contributed by atoms with van der Waals surface area (Å²) < 4.78 is 10.5. The second kappa shape index (κ2) is 10.1. The summed E-state index contributed by atoms with van der Waals surface area (Å²) in [6.45, 7) is 0.996. The van der Waals surface area contributed by atoms with Gasteiger partial charge in [-0.25, -0.2) is 0 Å². The maximum absolute atomic E-state index is 12.0. The third kappa shape index (κ3) is 6.22. The van der Waals surface area contributed by atoms with Crippen LogP contribution in [0, 0.1) is 0 Å². The number of carbonyl (C=O) groups excluding carboxylic acids is 2. The van der Waals surface area contributed by atoms with Crippen LogP contribution in [0.3, 0.4) is 0 Å². The van der Waals surface area contributed by atoms with Gasteiger partial charge < -0.3 is 25.8 Å². The van der Waals surface area contributed by atoms with Crippen molar-refractivity contribution in [3.8, 4) is 11.5 Å². The first-order chi connectivity index (χ1) is 13.0. The maximum Gasteiger partial charge on any atom is 0.248 e. The summed E-state index contributed by atoms with van der Waals surface area (Å²) in [6, 6.07) is 12.6. The van der Waals surface area contributed by atoms with E-state index in [9.17, 15) is 9.59 Å². The molecule has 0 aliphatic carbocycles. The zero-order valence-electron chi connectivity index (χ0n) is 15.6. The van der Waals surface area contributed by atoms with Gasteiger partial charge in [-0.3, -0.25) is 9.59 Å². The van der Waals surface area contributed by atoms with E-state index in [4.69, 9.17) is 15.2 Å². The summed E-state index contributed by atoms with van der Waals surface area (Å²) in [4.78, 5) is 23.1. The number of nitrogens with one attached hydrogen (secondary N) is 2. The van der Waals surface area contributed by atoms with E-state index in [-0.39, 0.29) is 5.91 Å². The Morgan fingerprint density at radius 2 is 1.78 bits per heavy atom. The third-order valence-corrected chi connectivity index (χ3v) is 4.01. The van der Waals surface area contributed by atoms with Crippen LogP contribution in [0.4, 0.5) is 5.69 Å². The first kappa shape index (κ1) is 20.1. The van der Waals surface area contributed by atoms with Crippen LogP contribution in [-0.2, 0) is 11.2 Å². The van der Waals surface area contributed by atoms with Gasteiger partial charge in [-0.05, 0) is 42.3 Å². The lowest BCUT2D eigenvalue weighted by Crippen LogP contribution is -2.27. The first-order valence-corrected chi connectivity index (χ1v) is 8.65. The summed E-state index contributed by atoms with van der Waals surface area (Å²) in [5.74, 6) is 0.820. The van der Waals surface area contributed by atoms with Crippen molar-refractivity contribution in [1.29, 1.82) is 0 Å². The topological polar surface area (TPSA) is 103 Å². The molecule has 7 nitrogen and oxygen atoms in total. The van der Waals surface area contributed by atoms with Gasteiger partial charge in [-0.1, -0.05) is 12.1 Å². The van der Waals surface area contributed by atoms with E-state index in [0.717, 1.165) is 11.3 Å². The quantitative estimate of drug-likeness (QED) is 0.592. The summed E-state index contributed by atoms with van der Waals surface area (Å²) in [5.41, 5.74) is 7.49. The van der Waals surface area contributed by atoms with E-state index in [1.54, 1.807) is 32.4 Å². The van der Waals surface area contributed by atoms with Gasteiger partial charge in [-0.15, -0.1) is 0 Å². The normalized spacial score (nSPS) is 10.1. The number of amides is 2. The van der Waals surface area contributed by atoms with Crippen molar-refractivity contribution in [3.05, 3.63) is 53.6 Å². The Labute approximate surface area is 158 Å². The standard InChI is InChI=1S/C20H25N3O4/c1-26-17-7-6-14(12-18(17)27-2)8-10-23-19(24)9-11-22-16-5-3-4-15(13-16)20(21)25/h3-7,12-13,22H,8-11H2,1-2H3,(H2,21,25)(H,23,24). The Morgan fingerprint density at radius 3 is 2.48 bits per heavy atom. The van der Waals surface area contributed by atoms with Crippen LogP contribution in [0.2, 0.25) is 0 Å². The molecule has 2 rings (SSSR count). The summed E-state index contributed by atoms with van der Waals surface area (Å²) in [7, 11) is 3.19.